The second kappa shape index (κ2) is 9.37. The Kier molecular flexibility index (Phi) is 7.55. The third-order valence-corrected chi connectivity index (χ3v) is 4.52. The Balaban J connectivity index is 2.14. The quantitative estimate of drug-likeness (QED) is 0.500. The third kappa shape index (κ3) is 5.96. The number of benzene rings is 1. The Hall–Kier alpha value is -2.10. The van der Waals surface area contributed by atoms with E-state index in [0.717, 1.165) is 5.56 Å². The maximum atomic E-state index is 12.4. The van der Waals surface area contributed by atoms with E-state index in [1.54, 1.807) is 53.7 Å². The van der Waals surface area contributed by atoms with Crippen LogP contribution in [0, 0.1) is 10.8 Å². The van der Waals surface area contributed by atoms with E-state index in [4.69, 9.17) is 24.6 Å². The summed E-state index contributed by atoms with van der Waals surface area (Å²) >= 11 is 0. The summed E-state index contributed by atoms with van der Waals surface area (Å²) in [7, 11) is -1.15. The van der Waals surface area contributed by atoms with Gasteiger partial charge in [0.15, 0.2) is 6.10 Å². The van der Waals surface area contributed by atoms with Crippen LogP contribution in [0.3, 0.4) is 0 Å². The fourth-order valence-corrected chi connectivity index (χ4v) is 2.72. The van der Waals surface area contributed by atoms with Crippen LogP contribution >= 0.6 is 0 Å². The zero-order valence-corrected chi connectivity index (χ0v) is 18.6. The molecule has 1 heterocycles. The molecule has 0 bridgehead atoms. The summed E-state index contributed by atoms with van der Waals surface area (Å²) in [6.07, 6.45) is -1.23. The summed E-state index contributed by atoms with van der Waals surface area (Å²) in [5, 5.41) is 10.2. The van der Waals surface area contributed by atoms with Gasteiger partial charge >= 0.3 is 19.1 Å². The molecule has 2 atom stereocenters. The molecular formula is C21H32BNO7. The van der Waals surface area contributed by atoms with Gasteiger partial charge in [-0.1, -0.05) is 12.1 Å². The van der Waals surface area contributed by atoms with Crippen LogP contribution in [0.2, 0.25) is 0 Å². The van der Waals surface area contributed by atoms with E-state index >= 15 is 0 Å². The van der Waals surface area contributed by atoms with Crippen molar-refractivity contribution >= 4 is 24.5 Å². The van der Waals surface area contributed by atoms with E-state index in [1.807, 2.05) is 6.07 Å². The standard InChI is InChI=1S/C21H32BNO7/c1-20(2,3)18(24)28-12-13(29-19(25)21(4,5)6)11-27-15-9-7-8-14-16(10-23)30-22(26)17(14)15/h7-9,13,16,26H,10-12,23H2,1-6H3/t13-,16+/m0/s1. The van der Waals surface area contributed by atoms with E-state index in [1.165, 1.54) is 0 Å². The Bertz CT molecular complexity index is 770. The highest BCUT2D eigenvalue weighted by Crippen LogP contribution is 2.27. The van der Waals surface area contributed by atoms with Crippen molar-refractivity contribution in [2.24, 2.45) is 16.6 Å². The minimum absolute atomic E-state index is 0.0598. The van der Waals surface area contributed by atoms with Crippen molar-refractivity contribution in [3.63, 3.8) is 0 Å². The molecule has 0 radical (unpaired) electrons. The van der Waals surface area contributed by atoms with E-state index in [2.05, 4.69) is 0 Å². The van der Waals surface area contributed by atoms with Crippen LogP contribution in [0.4, 0.5) is 0 Å². The fraction of sp³-hybridized carbons (Fsp3) is 0.619. The largest absolute Gasteiger partial charge is 0.495 e. The lowest BCUT2D eigenvalue weighted by Gasteiger charge is -2.25. The fourth-order valence-electron chi connectivity index (χ4n) is 2.72. The number of fused-ring (bicyclic) bond motifs is 1. The summed E-state index contributed by atoms with van der Waals surface area (Å²) in [6.45, 7) is 10.5. The van der Waals surface area contributed by atoms with Crippen LogP contribution < -0.4 is 15.9 Å². The highest BCUT2D eigenvalue weighted by molar-refractivity contribution is 6.62. The molecule has 1 aliphatic rings. The molecule has 2 rings (SSSR count). The minimum atomic E-state index is -1.15. The molecule has 1 aromatic carbocycles. The van der Waals surface area contributed by atoms with Crippen molar-refractivity contribution in [3.8, 4) is 5.75 Å². The van der Waals surface area contributed by atoms with Gasteiger partial charge in [-0.05, 0) is 53.2 Å². The smallest absolute Gasteiger partial charge is 0.490 e. The first-order chi connectivity index (χ1) is 13.8. The van der Waals surface area contributed by atoms with Crippen molar-refractivity contribution in [1.29, 1.82) is 0 Å². The molecule has 30 heavy (non-hydrogen) atoms. The predicted octanol–water partition coefficient (Wildman–Crippen LogP) is 1.33. The summed E-state index contributed by atoms with van der Waals surface area (Å²) in [5.41, 5.74) is 5.55. The number of carbonyl (C=O) groups is 2. The van der Waals surface area contributed by atoms with E-state index in [-0.39, 0.29) is 19.8 Å². The first kappa shape index (κ1) is 24.2. The Morgan fingerprint density at radius 1 is 1.13 bits per heavy atom. The monoisotopic (exact) mass is 421 g/mol. The zero-order valence-electron chi connectivity index (χ0n) is 18.6. The van der Waals surface area contributed by atoms with Gasteiger partial charge in [0.2, 0.25) is 0 Å². The normalized spacial score (nSPS) is 17.3. The number of carbonyl (C=O) groups excluding carboxylic acids is 2. The van der Waals surface area contributed by atoms with Gasteiger partial charge in [-0.3, -0.25) is 9.59 Å². The molecule has 0 amide bonds. The number of hydrogen-bond acceptors (Lipinski definition) is 8. The number of nitrogens with two attached hydrogens (primary N) is 1. The maximum Gasteiger partial charge on any atom is 0.495 e. The second-order valence-corrected chi connectivity index (χ2v) is 9.41. The molecular weight excluding hydrogens is 389 g/mol. The van der Waals surface area contributed by atoms with E-state index in [9.17, 15) is 14.6 Å². The molecule has 0 fully saturated rings. The van der Waals surface area contributed by atoms with Crippen LogP contribution in [0.15, 0.2) is 18.2 Å². The lowest BCUT2D eigenvalue weighted by molar-refractivity contribution is -0.170. The SMILES string of the molecule is CC(C)(C)C(=O)OC[C@H](COc1cccc2c1B(O)O[C@@H]2CN)OC(=O)C(C)(C)C. The van der Waals surface area contributed by atoms with Crippen LogP contribution in [0.25, 0.3) is 0 Å². The second-order valence-electron chi connectivity index (χ2n) is 9.41. The van der Waals surface area contributed by atoms with Crippen LogP contribution in [0.1, 0.15) is 53.2 Å². The number of ether oxygens (including phenoxy) is 3. The zero-order chi connectivity index (χ0) is 22.7. The Morgan fingerprint density at radius 2 is 1.77 bits per heavy atom. The van der Waals surface area contributed by atoms with Gasteiger partial charge in [-0.25, -0.2) is 0 Å². The van der Waals surface area contributed by atoms with E-state index in [0.29, 0.717) is 11.2 Å². The van der Waals surface area contributed by atoms with Gasteiger partial charge in [0.25, 0.3) is 0 Å². The third-order valence-electron chi connectivity index (χ3n) is 4.52. The van der Waals surface area contributed by atoms with Gasteiger partial charge in [-0.2, -0.15) is 0 Å². The van der Waals surface area contributed by atoms with Gasteiger partial charge in [0.1, 0.15) is 19.0 Å². The minimum Gasteiger partial charge on any atom is -0.490 e. The lowest BCUT2D eigenvalue weighted by Crippen LogP contribution is -2.37. The topological polar surface area (TPSA) is 117 Å². The molecule has 0 unspecified atom stereocenters. The van der Waals surface area contributed by atoms with E-state index < -0.39 is 42.1 Å². The van der Waals surface area contributed by atoms with Crippen molar-refractivity contribution in [1.82, 2.24) is 0 Å². The first-order valence-corrected chi connectivity index (χ1v) is 10.0. The molecule has 8 nitrogen and oxygen atoms in total. The van der Waals surface area contributed by atoms with Crippen molar-refractivity contribution < 1.29 is 33.5 Å². The molecule has 3 N–H and O–H groups in total. The Morgan fingerprint density at radius 3 is 2.33 bits per heavy atom. The van der Waals surface area contributed by atoms with Crippen LogP contribution in [0.5, 0.6) is 5.75 Å². The number of esters is 2. The average molecular weight is 421 g/mol. The molecule has 166 valence electrons. The molecule has 0 spiro atoms. The van der Waals surface area contributed by atoms with Crippen LogP contribution in [-0.2, 0) is 23.7 Å². The molecule has 9 heteroatoms. The molecule has 0 aliphatic carbocycles. The molecule has 0 saturated heterocycles. The molecule has 0 aromatic heterocycles. The van der Waals surface area contributed by atoms with Crippen molar-refractivity contribution in [3.05, 3.63) is 23.8 Å². The predicted molar refractivity (Wildman–Crippen MR) is 112 cm³/mol. The lowest BCUT2D eigenvalue weighted by atomic mass is 9.78. The summed E-state index contributed by atoms with van der Waals surface area (Å²) < 4.78 is 22.2. The highest BCUT2D eigenvalue weighted by Gasteiger charge is 2.37. The van der Waals surface area contributed by atoms with Gasteiger partial charge in [0, 0.05) is 12.0 Å². The average Bonchev–Trinajstić information content (AvgIpc) is 2.98. The maximum absolute atomic E-state index is 12.4. The molecule has 1 aromatic rings. The first-order valence-electron chi connectivity index (χ1n) is 10.0. The summed E-state index contributed by atoms with van der Waals surface area (Å²) in [5.74, 6) is -0.447. The van der Waals surface area contributed by atoms with Gasteiger partial charge in [-0.15, -0.1) is 0 Å². The molecule has 1 aliphatic heterocycles. The summed E-state index contributed by atoms with van der Waals surface area (Å²) in [6, 6.07) is 5.28. The number of hydrogen-bond donors (Lipinski definition) is 2. The van der Waals surface area contributed by atoms with Crippen LogP contribution in [-0.4, -0.2) is 49.9 Å². The summed E-state index contributed by atoms with van der Waals surface area (Å²) in [4.78, 5) is 24.5. The van der Waals surface area contributed by atoms with Crippen molar-refractivity contribution in [2.45, 2.75) is 53.8 Å². The van der Waals surface area contributed by atoms with Gasteiger partial charge in [0.05, 0.1) is 16.9 Å². The highest BCUT2D eigenvalue weighted by atomic mass is 16.6. The number of rotatable bonds is 7. The Labute approximate surface area is 178 Å². The molecule has 0 saturated carbocycles. The van der Waals surface area contributed by atoms with Gasteiger partial charge < -0.3 is 29.6 Å². The van der Waals surface area contributed by atoms with Crippen molar-refractivity contribution in [2.75, 3.05) is 19.8 Å².